The zero-order chi connectivity index (χ0) is 12.3. The van der Waals surface area contributed by atoms with Gasteiger partial charge < -0.3 is 10.2 Å². The molecular formula is C13H16N2O2. The number of aryl methyl sites for hydroxylation is 1. The predicted octanol–water partition coefficient (Wildman–Crippen LogP) is 1.13. The van der Waals surface area contributed by atoms with Gasteiger partial charge in [0, 0.05) is 24.3 Å². The van der Waals surface area contributed by atoms with E-state index in [0.717, 1.165) is 37.0 Å². The third kappa shape index (κ3) is 2.64. The van der Waals surface area contributed by atoms with Crippen LogP contribution < -0.4 is 10.2 Å². The van der Waals surface area contributed by atoms with Crippen LogP contribution in [0.25, 0.3) is 0 Å². The molecule has 2 rings (SSSR count). The molecule has 1 aromatic carbocycles. The van der Waals surface area contributed by atoms with Crippen molar-refractivity contribution in [2.45, 2.75) is 13.3 Å². The molecule has 1 aromatic rings. The minimum Gasteiger partial charge on any atom is -0.362 e. The first-order valence-corrected chi connectivity index (χ1v) is 5.78. The van der Waals surface area contributed by atoms with Crippen LogP contribution in [0.5, 0.6) is 0 Å². The number of nitrogens with zero attached hydrogens (tertiary/aromatic N) is 1. The molecule has 0 unspecified atom stereocenters. The van der Waals surface area contributed by atoms with Crippen molar-refractivity contribution >= 4 is 17.9 Å². The first-order chi connectivity index (χ1) is 8.20. The summed E-state index contributed by atoms with van der Waals surface area (Å²) in [6.45, 7) is 3.89. The maximum Gasteiger partial charge on any atom is 0.239 e. The van der Waals surface area contributed by atoms with Crippen LogP contribution in [0.3, 0.4) is 0 Å². The number of amides is 1. The average molecular weight is 232 g/mol. The number of rotatable bonds is 2. The highest BCUT2D eigenvalue weighted by molar-refractivity contribution is 5.83. The fourth-order valence-electron chi connectivity index (χ4n) is 2.02. The molecule has 1 amide bonds. The van der Waals surface area contributed by atoms with Crippen molar-refractivity contribution in [3.05, 3.63) is 29.3 Å². The highest BCUT2D eigenvalue weighted by Crippen LogP contribution is 2.19. The van der Waals surface area contributed by atoms with E-state index in [1.54, 1.807) is 6.07 Å². The minimum absolute atomic E-state index is 0.0552. The van der Waals surface area contributed by atoms with Crippen molar-refractivity contribution in [3.8, 4) is 0 Å². The topological polar surface area (TPSA) is 49.4 Å². The van der Waals surface area contributed by atoms with E-state index in [4.69, 9.17) is 0 Å². The first-order valence-electron chi connectivity index (χ1n) is 5.78. The Morgan fingerprint density at radius 2 is 2.24 bits per heavy atom. The predicted molar refractivity (Wildman–Crippen MR) is 66.4 cm³/mol. The summed E-state index contributed by atoms with van der Waals surface area (Å²) in [5.74, 6) is 0.0552. The van der Waals surface area contributed by atoms with Gasteiger partial charge in [-0.2, -0.15) is 0 Å². The second-order valence-electron chi connectivity index (χ2n) is 4.28. The van der Waals surface area contributed by atoms with E-state index in [1.165, 1.54) is 0 Å². The second kappa shape index (κ2) is 4.99. The molecule has 0 bridgehead atoms. The average Bonchev–Trinajstić information content (AvgIpc) is 2.54. The van der Waals surface area contributed by atoms with Crippen LogP contribution in [-0.4, -0.2) is 31.8 Å². The fourth-order valence-corrected chi connectivity index (χ4v) is 2.02. The first kappa shape index (κ1) is 11.6. The number of aldehydes is 1. The minimum atomic E-state index is 0.0552. The molecule has 1 fully saturated rings. The molecule has 0 spiro atoms. The van der Waals surface area contributed by atoms with E-state index in [9.17, 15) is 9.59 Å². The van der Waals surface area contributed by atoms with Crippen LogP contribution >= 0.6 is 0 Å². The number of carbonyl (C=O) groups excluding carboxylic acids is 2. The lowest BCUT2D eigenvalue weighted by Gasteiger charge is -2.22. The van der Waals surface area contributed by atoms with Gasteiger partial charge in [0.15, 0.2) is 0 Å². The summed E-state index contributed by atoms with van der Waals surface area (Å²) in [7, 11) is 0. The Labute approximate surface area is 101 Å². The maximum absolute atomic E-state index is 11.5. The van der Waals surface area contributed by atoms with Crippen molar-refractivity contribution in [2.24, 2.45) is 0 Å². The van der Waals surface area contributed by atoms with Crippen LogP contribution in [0.2, 0.25) is 0 Å². The third-order valence-electron chi connectivity index (χ3n) is 3.01. The molecule has 90 valence electrons. The van der Waals surface area contributed by atoms with E-state index in [2.05, 4.69) is 5.32 Å². The van der Waals surface area contributed by atoms with Gasteiger partial charge in [-0.05, 0) is 37.1 Å². The Bertz CT molecular complexity index is 443. The van der Waals surface area contributed by atoms with Gasteiger partial charge in [0.1, 0.15) is 6.29 Å². The van der Waals surface area contributed by atoms with Crippen molar-refractivity contribution in [2.75, 3.05) is 24.5 Å². The van der Waals surface area contributed by atoms with Crippen LogP contribution in [-0.2, 0) is 4.79 Å². The highest BCUT2D eigenvalue weighted by Gasteiger charge is 2.15. The van der Waals surface area contributed by atoms with Crippen LogP contribution in [0.15, 0.2) is 18.2 Å². The molecule has 1 heterocycles. The molecule has 0 aromatic heterocycles. The van der Waals surface area contributed by atoms with Gasteiger partial charge >= 0.3 is 0 Å². The van der Waals surface area contributed by atoms with Gasteiger partial charge in [0.25, 0.3) is 0 Å². The molecule has 4 nitrogen and oxygen atoms in total. The lowest BCUT2D eigenvalue weighted by atomic mass is 10.1. The van der Waals surface area contributed by atoms with E-state index in [0.29, 0.717) is 12.1 Å². The zero-order valence-electron chi connectivity index (χ0n) is 9.90. The number of hydrogen-bond donors (Lipinski definition) is 1. The number of anilines is 1. The zero-order valence-corrected chi connectivity index (χ0v) is 9.90. The number of carbonyl (C=O) groups is 2. The molecular weight excluding hydrogens is 216 g/mol. The number of nitrogens with one attached hydrogen (secondary N) is 1. The van der Waals surface area contributed by atoms with Crippen molar-refractivity contribution in [1.29, 1.82) is 0 Å². The third-order valence-corrected chi connectivity index (χ3v) is 3.01. The molecule has 0 atom stereocenters. The summed E-state index contributed by atoms with van der Waals surface area (Å²) in [5.41, 5.74) is 2.65. The normalized spacial score (nSPS) is 16.3. The Morgan fingerprint density at radius 3 is 2.94 bits per heavy atom. The van der Waals surface area contributed by atoms with E-state index < -0.39 is 0 Å². The Morgan fingerprint density at radius 1 is 1.41 bits per heavy atom. The van der Waals surface area contributed by atoms with Gasteiger partial charge in [0.2, 0.25) is 5.91 Å². The highest BCUT2D eigenvalue weighted by atomic mass is 16.2. The van der Waals surface area contributed by atoms with Crippen molar-refractivity contribution < 1.29 is 9.59 Å². The molecule has 1 aliphatic rings. The van der Waals surface area contributed by atoms with Gasteiger partial charge in [-0.1, -0.05) is 0 Å². The molecule has 1 N–H and O–H groups in total. The SMILES string of the molecule is Cc1cc(N2CCCNC(=O)C2)ccc1C=O. The van der Waals surface area contributed by atoms with Gasteiger partial charge in [-0.15, -0.1) is 0 Å². The summed E-state index contributed by atoms with van der Waals surface area (Å²) in [6, 6.07) is 5.66. The van der Waals surface area contributed by atoms with Gasteiger partial charge in [-0.25, -0.2) is 0 Å². The number of hydrogen-bond acceptors (Lipinski definition) is 3. The Kier molecular flexibility index (Phi) is 3.42. The van der Waals surface area contributed by atoms with E-state index >= 15 is 0 Å². The summed E-state index contributed by atoms with van der Waals surface area (Å²) < 4.78 is 0. The van der Waals surface area contributed by atoms with E-state index in [1.807, 2.05) is 24.0 Å². The van der Waals surface area contributed by atoms with Crippen LogP contribution in [0.1, 0.15) is 22.3 Å². The molecule has 0 radical (unpaired) electrons. The Hall–Kier alpha value is -1.84. The van der Waals surface area contributed by atoms with Gasteiger partial charge in [0.05, 0.1) is 6.54 Å². The molecule has 1 saturated heterocycles. The molecule has 4 heteroatoms. The quantitative estimate of drug-likeness (QED) is 0.778. The van der Waals surface area contributed by atoms with Crippen LogP contribution in [0, 0.1) is 6.92 Å². The molecule has 1 aliphatic heterocycles. The molecule has 0 saturated carbocycles. The lowest BCUT2D eigenvalue weighted by Crippen LogP contribution is -2.33. The van der Waals surface area contributed by atoms with E-state index in [-0.39, 0.29) is 5.91 Å². The monoisotopic (exact) mass is 232 g/mol. The van der Waals surface area contributed by atoms with Crippen molar-refractivity contribution in [3.63, 3.8) is 0 Å². The lowest BCUT2D eigenvalue weighted by molar-refractivity contribution is -0.119. The summed E-state index contributed by atoms with van der Waals surface area (Å²) >= 11 is 0. The largest absolute Gasteiger partial charge is 0.362 e. The van der Waals surface area contributed by atoms with Gasteiger partial charge in [-0.3, -0.25) is 9.59 Å². The molecule has 0 aliphatic carbocycles. The maximum atomic E-state index is 11.5. The second-order valence-corrected chi connectivity index (χ2v) is 4.28. The summed E-state index contributed by atoms with van der Waals surface area (Å²) in [4.78, 5) is 24.3. The number of benzene rings is 1. The summed E-state index contributed by atoms with van der Waals surface area (Å²) in [6.07, 6.45) is 1.80. The summed E-state index contributed by atoms with van der Waals surface area (Å²) in [5, 5.41) is 2.84. The molecule has 17 heavy (non-hydrogen) atoms. The van der Waals surface area contributed by atoms with Crippen molar-refractivity contribution in [1.82, 2.24) is 5.32 Å². The van der Waals surface area contributed by atoms with Crippen LogP contribution in [0.4, 0.5) is 5.69 Å². The fraction of sp³-hybridized carbons (Fsp3) is 0.385. The Balaban J connectivity index is 2.23. The smallest absolute Gasteiger partial charge is 0.239 e. The standard InChI is InChI=1S/C13H16N2O2/c1-10-7-12(4-3-11(10)9-16)15-6-2-5-14-13(17)8-15/h3-4,7,9H,2,5-6,8H2,1H3,(H,14,17).